The Labute approximate surface area is 240 Å². The Morgan fingerprint density at radius 2 is 1.48 bits per heavy atom. The molecule has 40 heavy (non-hydrogen) atoms. The van der Waals surface area contributed by atoms with Crippen molar-refractivity contribution in [2.24, 2.45) is 0 Å². The predicted octanol–water partition coefficient (Wildman–Crippen LogP) is 5.31. The zero-order valence-electron chi connectivity index (χ0n) is 22.5. The quantitative estimate of drug-likeness (QED) is 0.185. The summed E-state index contributed by atoms with van der Waals surface area (Å²) in [6.07, 6.45) is -0.322. The van der Waals surface area contributed by atoms with Crippen LogP contribution in [0.5, 0.6) is 5.75 Å². The monoisotopic (exact) mass is 578 g/mol. The average molecular weight is 579 g/mol. The van der Waals surface area contributed by atoms with Gasteiger partial charge in [-0.1, -0.05) is 78.5 Å². The molecule has 4 aromatic rings. The molecule has 0 spiro atoms. The predicted molar refractivity (Wildman–Crippen MR) is 160 cm³/mol. The Morgan fingerprint density at radius 1 is 0.850 bits per heavy atom. The smallest absolute Gasteiger partial charge is 0.229 e. The first-order valence-corrected chi connectivity index (χ1v) is 15.5. The molecule has 0 radical (unpaired) electrons. The van der Waals surface area contributed by atoms with Crippen LogP contribution in [-0.4, -0.2) is 49.6 Å². The van der Waals surface area contributed by atoms with Crippen LogP contribution in [0, 0.1) is 0 Å². The fraction of sp³-hybridized carbons (Fsp3) is 0.226. The van der Waals surface area contributed by atoms with Gasteiger partial charge in [0.05, 0.1) is 18.0 Å². The summed E-state index contributed by atoms with van der Waals surface area (Å²) in [5, 5.41) is 21.7. The van der Waals surface area contributed by atoms with Crippen LogP contribution in [0.3, 0.4) is 0 Å². The first kappa shape index (κ1) is 29.6. The van der Waals surface area contributed by atoms with Crippen LogP contribution in [0.25, 0.3) is 0 Å². The van der Waals surface area contributed by atoms with Gasteiger partial charge in [0.15, 0.2) is 0 Å². The Kier molecular flexibility index (Phi) is 10.2. The van der Waals surface area contributed by atoms with Crippen LogP contribution < -0.4 is 9.46 Å². The second kappa shape index (κ2) is 13.8. The number of rotatable bonds is 13. The van der Waals surface area contributed by atoms with E-state index in [0.29, 0.717) is 17.7 Å². The third kappa shape index (κ3) is 9.11. The van der Waals surface area contributed by atoms with Gasteiger partial charge in [-0.05, 0) is 60.1 Å². The number of ether oxygens (including phenoxy) is 1. The SMILES string of the molecule is CN(C[C@H](O)c1ccc(OCc2ccccc2)c(NS(C)(=O)=O)c1)[C@@H](O)Cc1ccc(Sc2ccccc2)cc1. The Bertz CT molecular complexity index is 1470. The molecule has 0 aliphatic rings. The van der Waals surface area contributed by atoms with Crippen molar-refractivity contribution in [3.8, 4) is 5.75 Å². The summed E-state index contributed by atoms with van der Waals surface area (Å²) >= 11 is 1.68. The van der Waals surface area contributed by atoms with Gasteiger partial charge >= 0.3 is 0 Å². The van der Waals surface area contributed by atoms with Gasteiger partial charge < -0.3 is 14.9 Å². The van der Waals surface area contributed by atoms with Crippen molar-refractivity contribution in [3.05, 3.63) is 120 Å². The molecule has 9 heteroatoms. The van der Waals surface area contributed by atoms with E-state index in [1.807, 2.05) is 72.8 Å². The van der Waals surface area contributed by atoms with Crippen molar-refractivity contribution in [2.75, 3.05) is 24.6 Å². The number of hydrogen-bond donors (Lipinski definition) is 3. The molecule has 0 bridgehead atoms. The van der Waals surface area contributed by atoms with Crippen molar-refractivity contribution < 1.29 is 23.4 Å². The maximum atomic E-state index is 12.0. The Hall–Kier alpha value is -3.34. The molecule has 4 rings (SSSR count). The molecular formula is C31H34N2O5S2. The van der Waals surface area contributed by atoms with E-state index in [0.717, 1.165) is 27.2 Å². The normalized spacial score (nSPS) is 13.1. The first-order chi connectivity index (χ1) is 19.2. The van der Waals surface area contributed by atoms with E-state index in [4.69, 9.17) is 4.74 Å². The van der Waals surface area contributed by atoms with Crippen molar-refractivity contribution in [3.63, 3.8) is 0 Å². The van der Waals surface area contributed by atoms with E-state index in [1.54, 1.807) is 41.9 Å². The zero-order chi connectivity index (χ0) is 28.5. The minimum atomic E-state index is -3.58. The van der Waals surface area contributed by atoms with Gasteiger partial charge in [0.25, 0.3) is 0 Å². The van der Waals surface area contributed by atoms with Crippen molar-refractivity contribution in [1.82, 2.24) is 4.90 Å². The summed E-state index contributed by atoms with van der Waals surface area (Å²) in [6.45, 7) is 0.410. The number of likely N-dealkylation sites (N-methyl/N-ethyl adjacent to an activating group) is 1. The average Bonchev–Trinajstić information content (AvgIpc) is 2.93. The first-order valence-electron chi connectivity index (χ1n) is 12.8. The van der Waals surface area contributed by atoms with Gasteiger partial charge in [0.1, 0.15) is 18.6 Å². The van der Waals surface area contributed by atoms with E-state index in [9.17, 15) is 18.6 Å². The van der Waals surface area contributed by atoms with Crippen LogP contribution >= 0.6 is 11.8 Å². The molecule has 3 N–H and O–H groups in total. The molecule has 0 aliphatic heterocycles. The summed E-state index contributed by atoms with van der Waals surface area (Å²) in [5.74, 6) is 0.354. The lowest BCUT2D eigenvalue weighted by atomic mass is 10.1. The van der Waals surface area contributed by atoms with E-state index < -0.39 is 22.4 Å². The molecule has 7 nitrogen and oxygen atoms in total. The highest BCUT2D eigenvalue weighted by atomic mass is 32.2. The lowest BCUT2D eigenvalue weighted by molar-refractivity contribution is -0.00560. The van der Waals surface area contributed by atoms with Crippen molar-refractivity contribution in [2.45, 2.75) is 35.2 Å². The molecule has 4 aromatic carbocycles. The number of sulfonamides is 1. The molecular weight excluding hydrogens is 544 g/mol. The van der Waals surface area contributed by atoms with E-state index in [-0.39, 0.29) is 18.8 Å². The number of nitrogens with zero attached hydrogens (tertiary/aromatic N) is 1. The maximum absolute atomic E-state index is 12.0. The summed E-state index contributed by atoms with van der Waals surface area (Å²) in [6, 6.07) is 32.6. The van der Waals surface area contributed by atoms with Crippen LogP contribution in [-0.2, 0) is 23.1 Å². The largest absolute Gasteiger partial charge is 0.487 e. The molecule has 0 saturated carbocycles. The van der Waals surface area contributed by atoms with E-state index >= 15 is 0 Å². The molecule has 0 unspecified atom stereocenters. The molecule has 0 heterocycles. The highest BCUT2D eigenvalue weighted by Gasteiger charge is 2.19. The Morgan fingerprint density at radius 3 is 2.12 bits per heavy atom. The van der Waals surface area contributed by atoms with Crippen LogP contribution in [0.2, 0.25) is 0 Å². The van der Waals surface area contributed by atoms with Gasteiger partial charge in [0.2, 0.25) is 10.0 Å². The Balaban J connectivity index is 1.37. The molecule has 0 aliphatic carbocycles. The van der Waals surface area contributed by atoms with Gasteiger partial charge in [-0.15, -0.1) is 0 Å². The standard InChI is InChI=1S/C31H34N2O5S2/c1-33(31(35)19-23-13-16-27(17-14-23)39-26-11-7-4-8-12-26)21-29(34)25-15-18-30(28(20-25)32-40(2,36)37)38-22-24-9-5-3-6-10-24/h3-18,20,29,31-32,34-35H,19,21-22H2,1-2H3/t29-,31-/m0/s1. The lowest BCUT2D eigenvalue weighted by Gasteiger charge is -2.26. The van der Waals surface area contributed by atoms with Crippen LogP contribution in [0.15, 0.2) is 113 Å². The van der Waals surface area contributed by atoms with Crippen molar-refractivity contribution in [1.29, 1.82) is 0 Å². The minimum Gasteiger partial charge on any atom is -0.487 e. The fourth-order valence-electron chi connectivity index (χ4n) is 4.08. The third-order valence-electron chi connectivity index (χ3n) is 6.21. The number of aliphatic hydroxyl groups excluding tert-OH is 2. The van der Waals surface area contributed by atoms with Gasteiger partial charge in [-0.2, -0.15) is 0 Å². The molecule has 2 atom stereocenters. The lowest BCUT2D eigenvalue weighted by Crippen LogP contribution is -2.36. The molecule has 0 saturated heterocycles. The van der Waals surface area contributed by atoms with Crippen LogP contribution in [0.1, 0.15) is 22.8 Å². The van der Waals surface area contributed by atoms with Crippen molar-refractivity contribution >= 4 is 27.5 Å². The van der Waals surface area contributed by atoms with E-state index in [1.165, 1.54) is 0 Å². The summed E-state index contributed by atoms with van der Waals surface area (Å²) in [4.78, 5) is 3.94. The number of benzene rings is 4. The number of anilines is 1. The van der Waals surface area contributed by atoms with Gasteiger partial charge in [-0.25, -0.2) is 8.42 Å². The number of hydrogen-bond acceptors (Lipinski definition) is 7. The second-order valence-electron chi connectivity index (χ2n) is 9.60. The topological polar surface area (TPSA) is 99.1 Å². The summed E-state index contributed by atoms with van der Waals surface area (Å²) in [5.41, 5.74) is 2.66. The zero-order valence-corrected chi connectivity index (χ0v) is 24.1. The molecule has 0 aromatic heterocycles. The minimum absolute atomic E-state index is 0.144. The number of nitrogens with one attached hydrogen (secondary N) is 1. The highest BCUT2D eigenvalue weighted by Crippen LogP contribution is 2.31. The highest BCUT2D eigenvalue weighted by molar-refractivity contribution is 7.99. The second-order valence-corrected chi connectivity index (χ2v) is 12.5. The molecule has 210 valence electrons. The number of aliphatic hydroxyl groups is 2. The fourth-order valence-corrected chi connectivity index (χ4v) is 5.48. The molecule has 0 amide bonds. The third-order valence-corrected chi connectivity index (χ3v) is 7.82. The molecule has 0 fully saturated rings. The summed E-state index contributed by atoms with van der Waals surface area (Å²) < 4.78 is 32.3. The van der Waals surface area contributed by atoms with Gasteiger partial charge in [0, 0.05) is 22.8 Å². The summed E-state index contributed by atoms with van der Waals surface area (Å²) in [7, 11) is -1.84. The maximum Gasteiger partial charge on any atom is 0.229 e. The van der Waals surface area contributed by atoms with Gasteiger partial charge in [-0.3, -0.25) is 9.62 Å². The van der Waals surface area contributed by atoms with Crippen LogP contribution in [0.4, 0.5) is 5.69 Å². The van der Waals surface area contributed by atoms with E-state index in [2.05, 4.69) is 16.9 Å².